The topological polar surface area (TPSA) is 24.4 Å². The molecule has 0 aliphatic rings. The molecule has 1 N–H and O–H groups in total. The minimum atomic E-state index is 0.985. The summed E-state index contributed by atoms with van der Waals surface area (Å²) in [6.45, 7) is 12.6. The van der Waals surface area contributed by atoms with Crippen molar-refractivity contribution in [1.82, 2.24) is 5.43 Å². The van der Waals surface area contributed by atoms with Crippen LogP contribution >= 0.6 is 22.7 Å². The molecule has 0 amide bonds. The van der Waals surface area contributed by atoms with Gasteiger partial charge in [-0.25, -0.2) is 0 Å². The number of nitrogens with zero attached hydrogens (tertiary/aromatic N) is 1. The first-order chi connectivity index (χ1) is 25.5. The Balaban J connectivity index is 0.000000180. The fourth-order valence-electron chi connectivity index (χ4n) is 6.72. The predicted molar refractivity (Wildman–Crippen MR) is 231 cm³/mol. The van der Waals surface area contributed by atoms with E-state index in [0.29, 0.717) is 0 Å². The lowest BCUT2D eigenvalue weighted by Gasteiger charge is -2.09. The first-order valence-electron chi connectivity index (χ1n) is 17.4. The fraction of sp³-hybridized carbons (Fsp3) is 0.0625. The van der Waals surface area contributed by atoms with Gasteiger partial charge in [-0.05, 0) is 82.6 Å². The average Bonchev–Trinajstić information content (AvgIpc) is 3.77. The molecule has 0 fully saturated rings. The van der Waals surface area contributed by atoms with Crippen LogP contribution in [0.1, 0.15) is 36.1 Å². The van der Waals surface area contributed by atoms with Crippen molar-refractivity contribution < 1.29 is 0 Å². The second kappa shape index (κ2) is 15.6. The number of fused-ring (bicyclic) bond motifs is 4. The highest BCUT2D eigenvalue weighted by Gasteiger charge is 2.15. The van der Waals surface area contributed by atoms with Gasteiger partial charge in [0, 0.05) is 47.1 Å². The second-order valence-electron chi connectivity index (χ2n) is 12.4. The first kappa shape index (κ1) is 34.6. The molecular formula is C48H40N2S2. The highest BCUT2D eigenvalue weighted by Crippen LogP contribution is 2.39. The lowest BCUT2D eigenvalue weighted by Crippen LogP contribution is -2.21. The van der Waals surface area contributed by atoms with Crippen LogP contribution in [-0.4, -0.2) is 12.8 Å². The number of hydrazone groups is 1. The summed E-state index contributed by atoms with van der Waals surface area (Å²) < 4.78 is 5.16. The van der Waals surface area contributed by atoms with Crippen molar-refractivity contribution in [3.8, 4) is 11.1 Å². The molecule has 254 valence electrons. The molecule has 0 saturated heterocycles. The van der Waals surface area contributed by atoms with E-state index in [-0.39, 0.29) is 0 Å². The Labute approximate surface area is 313 Å². The minimum Gasteiger partial charge on any atom is -0.313 e. The summed E-state index contributed by atoms with van der Waals surface area (Å²) in [6.07, 6.45) is 4.24. The molecule has 6 aromatic carbocycles. The summed E-state index contributed by atoms with van der Waals surface area (Å²) in [4.78, 5) is 0. The van der Waals surface area contributed by atoms with Gasteiger partial charge in [0.15, 0.2) is 0 Å². The van der Waals surface area contributed by atoms with Crippen LogP contribution in [0.5, 0.6) is 0 Å². The van der Waals surface area contributed by atoms with E-state index in [1.165, 1.54) is 62.3 Å². The van der Waals surface area contributed by atoms with E-state index >= 15 is 0 Å². The molecule has 0 aliphatic carbocycles. The maximum atomic E-state index is 4.35. The number of allylic oxidation sites excluding steroid dienone is 1. The fourth-order valence-corrected chi connectivity index (χ4v) is 9.00. The standard InChI is InChI=1S/C28H24N2S2.C20H16/c1-5-19(27-21-10-7-8-12-24(21)31-23(27)6-2)20-11-9-13-25-28(20)22-15-14-18(16-26(22)32-25)17(3)30-29-4;1-16(17-9-4-2-5-10-17)19-13-8-14-20(15-19)18-11-6-3-7-12-18/h5-16,29H,1H2,2-4H3;2-15H,1H2/b23-6+,27-19+,30-17+;. The van der Waals surface area contributed by atoms with Crippen LogP contribution in [0.2, 0.25) is 0 Å². The van der Waals surface area contributed by atoms with Crippen molar-refractivity contribution in [3.05, 3.63) is 197 Å². The summed E-state index contributed by atoms with van der Waals surface area (Å²) in [6, 6.07) is 51.2. The van der Waals surface area contributed by atoms with E-state index in [1.54, 1.807) is 0 Å². The number of hydrogen-bond acceptors (Lipinski definition) is 4. The summed E-state index contributed by atoms with van der Waals surface area (Å²) in [5, 5.41) is 9.50. The molecule has 0 radical (unpaired) electrons. The van der Waals surface area contributed by atoms with Gasteiger partial charge < -0.3 is 5.43 Å². The number of thiophene rings is 2. The molecule has 2 aromatic heterocycles. The zero-order valence-corrected chi connectivity index (χ0v) is 31.3. The smallest absolute Gasteiger partial charge is 0.0644 e. The summed E-state index contributed by atoms with van der Waals surface area (Å²) >= 11 is 3.68. The Hall–Kier alpha value is -5.81. The van der Waals surface area contributed by atoms with E-state index in [9.17, 15) is 0 Å². The summed E-state index contributed by atoms with van der Waals surface area (Å²) in [7, 11) is 1.83. The Morgan fingerprint density at radius 3 is 2.06 bits per heavy atom. The van der Waals surface area contributed by atoms with Crippen molar-refractivity contribution in [3.63, 3.8) is 0 Å². The van der Waals surface area contributed by atoms with Crippen LogP contribution in [0.4, 0.5) is 0 Å². The van der Waals surface area contributed by atoms with Crippen molar-refractivity contribution in [2.24, 2.45) is 5.10 Å². The maximum absolute atomic E-state index is 4.35. The maximum Gasteiger partial charge on any atom is 0.0644 e. The lowest BCUT2D eigenvalue weighted by molar-refractivity contribution is 0.900. The monoisotopic (exact) mass is 708 g/mol. The number of rotatable bonds is 7. The van der Waals surface area contributed by atoms with E-state index in [0.717, 1.165) is 28.0 Å². The van der Waals surface area contributed by atoms with Crippen LogP contribution in [-0.2, 0) is 0 Å². The molecular weight excluding hydrogens is 669 g/mol. The van der Waals surface area contributed by atoms with E-state index in [4.69, 9.17) is 0 Å². The molecule has 0 atom stereocenters. The second-order valence-corrected chi connectivity index (χ2v) is 14.6. The third kappa shape index (κ3) is 6.91. The lowest BCUT2D eigenvalue weighted by atomic mass is 9.96. The van der Waals surface area contributed by atoms with Gasteiger partial charge in [0.1, 0.15) is 0 Å². The van der Waals surface area contributed by atoms with Gasteiger partial charge in [-0.15, -0.1) is 22.7 Å². The molecule has 2 nitrogen and oxygen atoms in total. The van der Waals surface area contributed by atoms with Gasteiger partial charge in [-0.2, -0.15) is 5.10 Å². The predicted octanol–water partition coefficient (Wildman–Crippen LogP) is 11.8. The first-order valence-corrected chi connectivity index (χ1v) is 19.0. The van der Waals surface area contributed by atoms with E-state index in [2.05, 4.69) is 158 Å². The molecule has 0 unspecified atom stereocenters. The van der Waals surface area contributed by atoms with Crippen molar-refractivity contribution in [2.45, 2.75) is 13.8 Å². The SMILES string of the molecule is C=C(c1ccccc1)c1cccc(-c2ccccc2)c1.C=C/C(c1cccc2sc3cc(/C(C)=N/NC)ccc3c12)=c1\c(=C/C)sc2ccccc12. The largest absolute Gasteiger partial charge is 0.313 e. The number of benzene rings is 6. The molecule has 52 heavy (non-hydrogen) atoms. The molecule has 0 bridgehead atoms. The van der Waals surface area contributed by atoms with Gasteiger partial charge in [-0.3, -0.25) is 0 Å². The van der Waals surface area contributed by atoms with Gasteiger partial charge in [-0.1, -0.05) is 147 Å². The van der Waals surface area contributed by atoms with Crippen LogP contribution in [0.3, 0.4) is 0 Å². The van der Waals surface area contributed by atoms with Crippen LogP contribution in [0, 0.1) is 0 Å². The van der Waals surface area contributed by atoms with E-state index < -0.39 is 0 Å². The molecule has 8 aromatic rings. The normalized spacial score (nSPS) is 12.4. The third-order valence-electron chi connectivity index (χ3n) is 9.28. The molecule has 0 aliphatic heterocycles. The number of nitrogens with one attached hydrogen (secondary N) is 1. The minimum absolute atomic E-state index is 0.985. The van der Waals surface area contributed by atoms with Crippen LogP contribution < -0.4 is 15.2 Å². The Morgan fingerprint density at radius 1 is 0.635 bits per heavy atom. The zero-order chi connectivity index (χ0) is 36.0. The Kier molecular flexibility index (Phi) is 10.4. The third-order valence-corrected chi connectivity index (χ3v) is 11.6. The average molecular weight is 709 g/mol. The number of hydrogen-bond donors (Lipinski definition) is 1. The van der Waals surface area contributed by atoms with Gasteiger partial charge in [0.2, 0.25) is 0 Å². The van der Waals surface area contributed by atoms with Gasteiger partial charge in [0.25, 0.3) is 0 Å². The van der Waals surface area contributed by atoms with Crippen molar-refractivity contribution in [2.75, 3.05) is 7.05 Å². The quantitative estimate of drug-likeness (QED) is 0.129. The summed E-state index contributed by atoms with van der Waals surface area (Å²) in [5.41, 5.74) is 13.3. The van der Waals surface area contributed by atoms with Crippen LogP contribution in [0.25, 0.3) is 58.6 Å². The molecule has 0 saturated carbocycles. The van der Waals surface area contributed by atoms with E-state index in [1.807, 2.05) is 67.0 Å². The Bertz CT molecular complexity index is 2710. The highest BCUT2D eigenvalue weighted by molar-refractivity contribution is 7.25. The van der Waals surface area contributed by atoms with Gasteiger partial charge in [0.05, 0.1) is 5.71 Å². The molecule has 8 rings (SSSR count). The van der Waals surface area contributed by atoms with Crippen molar-refractivity contribution >= 4 is 75.9 Å². The molecule has 2 heterocycles. The van der Waals surface area contributed by atoms with Gasteiger partial charge >= 0.3 is 0 Å². The zero-order valence-electron chi connectivity index (χ0n) is 29.7. The Morgan fingerprint density at radius 2 is 1.31 bits per heavy atom. The van der Waals surface area contributed by atoms with Crippen molar-refractivity contribution in [1.29, 1.82) is 0 Å². The molecule has 0 spiro atoms. The van der Waals surface area contributed by atoms with Crippen LogP contribution in [0.15, 0.2) is 170 Å². The highest BCUT2D eigenvalue weighted by atomic mass is 32.1. The molecule has 4 heteroatoms. The summed E-state index contributed by atoms with van der Waals surface area (Å²) in [5.74, 6) is 0.